The molecule has 136 valence electrons. The van der Waals surface area contributed by atoms with Gasteiger partial charge in [0.2, 0.25) is 0 Å². The fourth-order valence-corrected chi connectivity index (χ4v) is 3.72. The van der Waals surface area contributed by atoms with E-state index in [4.69, 9.17) is 11.6 Å². The average molecular weight is 380 g/mol. The molecule has 0 saturated carbocycles. The van der Waals surface area contributed by atoms with Crippen molar-refractivity contribution in [2.45, 2.75) is 18.6 Å². The first-order valence-corrected chi connectivity index (χ1v) is 8.99. The summed E-state index contributed by atoms with van der Waals surface area (Å²) in [5, 5.41) is 18.8. The Bertz CT molecular complexity index is 992. The minimum atomic E-state index is -0.601. The molecule has 2 atom stereocenters. The van der Waals surface area contributed by atoms with Crippen LogP contribution in [-0.4, -0.2) is 4.92 Å². The molecule has 0 bridgehead atoms. The molecule has 0 saturated heterocycles. The van der Waals surface area contributed by atoms with Gasteiger partial charge in [-0.15, -0.1) is 0 Å². The Morgan fingerprint density at radius 3 is 2.41 bits per heavy atom. The predicted molar refractivity (Wildman–Crippen MR) is 107 cm³/mol. The van der Waals surface area contributed by atoms with Crippen molar-refractivity contribution in [2.75, 3.05) is 5.32 Å². The van der Waals surface area contributed by atoms with E-state index in [-0.39, 0.29) is 11.7 Å². The van der Waals surface area contributed by atoms with Crippen molar-refractivity contribution < 1.29 is 4.92 Å². The molecule has 1 aliphatic rings. The number of benzene rings is 3. The SMILES string of the molecule is C[C@@]1(c2ccc([N+](=O)[O-])cc2)Nc2ccc(Cl)cc2[C@@H](c2ccccc2)N1. The predicted octanol–water partition coefficient (Wildman–Crippen LogP) is 5.23. The van der Waals surface area contributed by atoms with Crippen molar-refractivity contribution in [1.82, 2.24) is 5.32 Å². The second kappa shape index (κ2) is 6.68. The van der Waals surface area contributed by atoms with Gasteiger partial charge in [0.05, 0.1) is 11.0 Å². The van der Waals surface area contributed by atoms with Gasteiger partial charge in [-0.2, -0.15) is 0 Å². The lowest BCUT2D eigenvalue weighted by Gasteiger charge is -2.43. The number of nitrogens with one attached hydrogen (secondary N) is 2. The number of hydrogen-bond acceptors (Lipinski definition) is 4. The lowest BCUT2D eigenvalue weighted by molar-refractivity contribution is -0.384. The molecule has 3 aromatic rings. The van der Waals surface area contributed by atoms with Crippen molar-refractivity contribution in [1.29, 1.82) is 0 Å². The molecule has 2 N–H and O–H groups in total. The van der Waals surface area contributed by atoms with Gasteiger partial charge in [-0.1, -0.05) is 41.9 Å². The van der Waals surface area contributed by atoms with E-state index in [1.807, 2.05) is 43.3 Å². The molecular weight excluding hydrogens is 362 g/mol. The van der Waals surface area contributed by atoms with Gasteiger partial charge in [-0.25, -0.2) is 0 Å². The monoisotopic (exact) mass is 379 g/mol. The minimum absolute atomic E-state index is 0.0682. The van der Waals surface area contributed by atoms with Crippen molar-refractivity contribution in [3.8, 4) is 0 Å². The molecule has 0 amide bonds. The van der Waals surface area contributed by atoms with Crippen LogP contribution in [0.25, 0.3) is 0 Å². The number of anilines is 1. The highest BCUT2D eigenvalue weighted by molar-refractivity contribution is 6.30. The summed E-state index contributed by atoms with van der Waals surface area (Å²) in [6.07, 6.45) is 0. The van der Waals surface area contributed by atoms with Crippen LogP contribution in [0, 0.1) is 10.1 Å². The van der Waals surface area contributed by atoms with Crippen LogP contribution in [0.15, 0.2) is 72.8 Å². The number of nitro benzene ring substituents is 1. The maximum absolute atomic E-state index is 11.0. The third-order valence-electron chi connectivity index (χ3n) is 4.93. The number of nitro groups is 1. The second-order valence-electron chi connectivity index (χ2n) is 6.77. The quantitative estimate of drug-likeness (QED) is 0.483. The molecule has 0 unspecified atom stereocenters. The van der Waals surface area contributed by atoms with Crippen LogP contribution in [0.5, 0.6) is 0 Å². The van der Waals surface area contributed by atoms with E-state index in [2.05, 4.69) is 22.8 Å². The largest absolute Gasteiger partial charge is 0.363 e. The van der Waals surface area contributed by atoms with Gasteiger partial charge in [0.15, 0.2) is 0 Å². The Labute approximate surface area is 162 Å². The fraction of sp³-hybridized carbons (Fsp3) is 0.143. The third kappa shape index (κ3) is 3.27. The van der Waals surface area contributed by atoms with E-state index in [9.17, 15) is 10.1 Å². The van der Waals surface area contributed by atoms with Gasteiger partial charge in [-0.05, 0) is 53.9 Å². The summed E-state index contributed by atoms with van der Waals surface area (Å²) in [5.41, 5.74) is 3.55. The summed E-state index contributed by atoms with van der Waals surface area (Å²) in [6.45, 7) is 2.03. The molecule has 0 spiro atoms. The maximum atomic E-state index is 11.0. The molecule has 0 aliphatic carbocycles. The van der Waals surface area contributed by atoms with E-state index in [1.54, 1.807) is 12.1 Å². The molecule has 0 radical (unpaired) electrons. The Hall–Kier alpha value is -2.89. The highest BCUT2D eigenvalue weighted by Crippen LogP contribution is 2.40. The molecular formula is C21H18ClN3O2. The number of nitrogens with zero attached hydrogens (tertiary/aromatic N) is 1. The summed E-state index contributed by atoms with van der Waals surface area (Å²) in [6, 6.07) is 22.5. The first-order chi connectivity index (χ1) is 13.0. The Kier molecular flexibility index (Phi) is 4.34. The van der Waals surface area contributed by atoms with Crippen LogP contribution in [0.4, 0.5) is 11.4 Å². The average Bonchev–Trinajstić information content (AvgIpc) is 2.68. The number of hydrogen-bond donors (Lipinski definition) is 2. The van der Waals surface area contributed by atoms with Gasteiger partial charge in [0.1, 0.15) is 5.66 Å². The van der Waals surface area contributed by atoms with Crippen LogP contribution in [0.3, 0.4) is 0 Å². The summed E-state index contributed by atoms with van der Waals surface area (Å²) < 4.78 is 0. The van der Waals surface area contributed by atoms with Gasteiger partial charge < -0.3 is 5.32 Å². The van der Waals surface area contributed by atoms with Crippen LogP contribution in [0.1, 0.15) is 29.7 Å². The molecule has 27 heavy (non-hydrogen) atoms. The fourth-order valence-electron chi connectivity index (χ4n) is 3.54. The number of rotatable bonds is 3. The van der Waals surface area contributed by atoms with Crippen molar-refractivity contribution >= 4 is 23.0 Å². The molecule has 1 heterocycles. The molecule has 5 nitrogen and oxygen atoms in total. The van der Waals surface area contributed by atoms with Gasteiger partial charge in [0.25, 0.3) is 5.69 Å². The maximum Gasteiger partial charge on any atom is 0.269 e. The van der Waals surface area contributed by atoms with Gasteiger partial charge >= 0.3 is 0 Å². The molecule has 0 fully saturated rings. The number of halogens is 1. The highest BCUT2D eigenvalue weighted by Gasteiger charge is 2.36. The zero-order valence-electron chi connectivity index (χ0n) is 14.6. The first-order valence-electron chi connectivity index (χ1n) is 8.61. The van der Waals surface area contributed by atoms with Crippen LogP contribution in [-0.2, 0) is 5.66 Å². The smallest absolute Gasteiger partial charge is 0.269 e. The Morgan fingerprint density at radius 2 is 1.74 bits per heavy atom. The van der Waals surface area contributed by atoms with E-state index >= 15 is 0 Å². The van der Waals surface area contributed by atoms with Gasteiger partial charge in [0, 0.05) is 22.8 Å². The van der Waals surface area contributed by atoms with E-state index in [0.717, 1.165) is 22.4 Å². The molecule has 6 heteroatoms. The van der Waals surface area contributed by atoms with E-state index < -0.39 is 10.6 Å². The Morgan fingerprint density at radius 1 is 1.04 bits per heavy atom. The zero-order valence-corrected chi connectivity index (χ0v) is 15.4. The second-order valence-corrected chi connectivity index (χ2v) is 7.21. The van der Waals surface area contributed by atoms with E-state index in [0.29, 0.717) is 5.02 Å². The molecule has 4 rings (SSSR count). The lowest BCUT2D eigenvalue weighted by Crippen LogP contribution is -2.51. The molecule has 1 aliphatic heterocycles. The Balaban J connectivity index is 1.80. The zero-order chi connectivity index (χ0) is 19.0. The van der Waals surface area contributed by atoms with Crippen molar-refractivity contribution in [3.05, 3.63) is 105 Å². The summed E-state index contributed by atoms with van der Waals surface area (Å²) >= 11 is 6.25. The van der Waals surface area contributed by atoms with E-state index in [1.165, 1.54) is 12.1 Å². The van der Waals surface area contributed by atoms with Gasteiger partial charge in [-0.3, -0.25) is 15.4 Å². The normalized spacial score (nSPS) is 21.2. The first kappa shape index (κ1) is 17.5. The van der Waals surface area contributed by atoms with Crippen LogP contribution in [0.2, 0.25) is 5.02 Å². The van der Waals surface area contributed by atoms with Crippen LogP contribution >= 0.6 is 11.6 Å². The number of non-ortho nitro benzene ring substituents is 1. The number of fused-ring (bicyclic) bond motifs is 1. The standard InChI is InChI=1S/C21H18ClN3O2/c1-21(15-7-10-17(11-8-15)25(26)27)23-19-12-9-16(22)13-18(19)20(24-21)14-5-3-2-4-6-14/h2-13,20,23-24H,1H3/t20-,21-/m1/s1. The lowest BCUT2D eigenvalue weighted by atomic mass is 9.89. The molecule has 3 aromatic carbocycles. The summed E-state index contributed by atoms with van der Waals surface area (Å²) in [7, 11) is 0. The third-order valence-corrected chi connectivity index (χ3v) is 5.17. The van der Waals surface area contributed by atoms with Crippen molar-refractivity contribution in [2.24, 2.45) is 0 Å². The van der Waals surface area contributed by atoms with Crippen molar-refractivity contribution in [3.63, 3.8) is 0 Å². The topological polar surface area (TPSA) is 67.2 Å². The van der Waals surface area contributed by atoms with Crippen LogP contribution < -0.4 is 10.6 Å². The summed E-state index contributed by atoms with van der Waals surface area (Å²) in [4.78, 5) is 10.6. The highest BCUT2D eigenvalue weighted by atomic mass is 35.5. The summed E-state index contributed by atoms with van der Waals surface area (Å²) in [5.74, 6) is 0. The minimum Gasteiger partial charge on any atom is -0.363 e. The molecule has 0 aromatic heterocycles.